The molecule has 2 unspecified atom stereocenters. The molecule has 0 aliphatic carbocycles. The van der Waals surface area contributed by atoms with Gasteiger partial charge in [-0.1, -0.05) is 29.8 Å². The molecule has 0 bridgehead atoms. The van der Waals surface area contributed by atoms with Crippen LogP contribution in [0.1, 0.15) is 30.5 Å². The number of nitrogens with two attached hydrogens (primary N) is 1. The van der Waals surface area contributed by atoms with Crippen LogP contribution in [-0.4, -0.2) is 23.9 Å². The average molecular weight is 232 g/mol. The highest BCUT2D eigenvalue weighted by atomic mass is 16.2. The summed E-state index contributed by atoms with van der Waals surface area (Å²) in [7, 11) is 0. The van der Waals surface area contributed by atoms with Gasteiger partial charge < -0.3 is 10.6 Å². The van der Waals surface area contributed by atoms with Gasteiger partial charge in [0.05, 0.1) is 0 Å². The molecule has 1 aromatic carbocycles. The Hall–Kier alpha value is -1.35. The van der Waals surface area contributed by atoms with Crippen LogP contribution < -0.4 is 5.73 Å². The number of likely N-dealkylation sites (tertiary alicyclic amines) is 1. The molecule has 2 rings (SSSR count). The van der Waals surface area contributed by atoms with Crippen molar-refractivity contribution in [2.45, 2.75) is 26.3 Å². The van der Waals surface area contributed by atoms with Crippen LogP contribution in [0.15, 0.2) is 24.3 Å². The summed E-state index contributed by atoms with van der Waals surface area (Å²) in [4.78, 5) is 13.6. The fraction of sp³-hybridized carbons (Fsp3) is 0.500. The fourth-order valence-corrected chi connectivity index (χ4v) is 2.41. The van der Waals surface area contributed by atoms with Gasteiger partial charge in [0.25, 0.3) is 0 Å². The fourth-order valence-electron chi connectivity index (χ4n) is 2.41. The van der Waals surface area contributed by atoms with Crippen LogP contribution in [0, 0.1) is 12.8 Å². The Morgan fingerprint density at radius 3 is 2.59 bits per heavy atom. The molecule has 1 amide bonds. The monoisotopic (exact) mass is 232 g/mol. The van der Waals surface area contributed by atoms with E-state index in [9.17, 15) is 4.79 Å². The highest BCUT2D eigenvalue weighted by molar-refractivity contribution is 5.78. The number of aryl methyl sites for hydroxylation is 1. The third kappa shape index (κ3) is 2.50. The molecule has 17 heavy (non-hydrogen) atoms. The van der Waals surface area contributed by atoms with Crippen molar-refractivity contribution >= 4 is 5.91 Å². The van der Waals surface area contributed by atoms with E-state index < -0.39 is 0 Å². The Balaban J connectivity index is 2.08. The molecule has 1 heterocycles. The predicted octanol–water partition coefficient (Wildman–Crippen LogP) is 1.86. The summed E-state index contributed by atoms with van der Waals surface area (Å²) < 4.78 is 0. The van der Waals surface area contributed by atoms with E-state index in [1.54, 1.807) is 0 Å². The topological polar surface area (TPSA) is 46.3 Å². The summed E-state index contributed by atoms with van der Waals surface area (Å²) in [6, 6.07) is 8.25. The maximum Gasteiger partial charge on any atom is 0.222 e. The number of amides is 1. The maximum atomic E-state index is 11.7. The summed E-state index contributed by atoms with van der Waals surface area (Å²) in [6.07, 6.45) is 0.586. The summed E-state index contributed by atoms with van der Waals surface area (Å²) in [5.41, 5.74) is 8.62. The third-order valence-electron chi connectivity index (χ3n) is 3.60. The Morgan fingerprint density at radius 1 is 1.41 bits per heavy atom. The zero-order valence-electron chi connectivity index (χ0n) is 10.5. The molecule has 0 radical (unpaired) electrons. The standard InChI is InChI=1S/C14H20N2O/c1-3-16-9-12(8-13(16)17)14(15)11-6-4-10(2)5-7-11/h4-7,12,14H,3,8-9,15H2,1-2H3. The molecule has 3 nitrogen and oxygen atoms in total. The normalized spacial score (nSPS) is 21.9. The first kappa shape index (κ1) is 12.1. The SMILES string of the molecule is CCN1CC(C(N)c2ccc(C)cc2)CC1=O. The Kier molecular flexibility index (Phi) is 3.48. The van der Waals surface area contributed by atoms with Crippen molar-refractivity contribution in [1.82, 2.24) is 4.90 Å². The Bertz CT molecular complexity index is 399. The average Bonchev–Trinajstić information content (AvgIpc) is 2.70. The van der Waals surface area contributed by atoms with Crippen molar-refractivity contribution in [2.75, 3.05) is 13.1 Å². The number of nitrogens with zero attached hydrogens (tertiary/aromatic N) is 1. The summed E-state index contributed by atoms with van der Waals surface area (Å²) in [6.45, 7) is 5.66. The first-order valence-corrected chi connectivity index (χ1v) is 6.21. The molecular formula is C14H20N2O. The smallest absolute Gasteiger partial charge is 0.222 e. The lowest BCUT2D eigenvalue weighted by Crippen LogP contribution is -2.27. The summed E-state index contributed by atoms with van der Waals surface area (Å²) in [5, 5.41) is 0. The minimum atomic E-state index is -0.0314. The van der Waals surface area contributed by atoms with Crippen molar-refractivity contribution in [3.63, 3.8) is 0 Å². The molecule has 1 aliphatic heterocycles. The van der Waals surface area contributed by atoms with E-state index in [0.717, 1.165) is 18.7 Å². The van der Waals surface area contributed by atoms with Gasteiger partial charge in [0, 0.05) is 31.5 Å². The summed E-state index contributed by atoms with van der Waals surface area (Å²) >= 11 is 0. The first-order chi connectivity index (χ1) is 8.11. The Labute approximate surface area is 103 Å². The zero-order chi connectivity index (χ0) is 12.4. The van der Waals surface area contributed by atoms with Crippen molar-refractivity contribution in [1.29, 1.82) is 0 Å². The molecule has 92 valence electrons. The van der Waals surface area contributed by atoms with Gasteiger partial charge in [0.2, 0.25) is 5.91 Å². The number of hydrogen-bond donors (Lipinski definition) is 1. The van der Waals surface area contributed by atoms with Crippen LogP contribution in [0.3, 0.4) is 0 Å². The van der Waals surface area contributed by atoms with Crippen molar-refractivity contribution < 1.29 is 4.79 Å². The van der Waals surface area contributed by atoms with Gasteiger partial charge in [-0.3, -0.25) is 4.79 Å². The molecule has 0 aromatic heterocycles. The molecule has 1 aromatic rings. The lowest BCUT2D eigenvalue weighted by molar-refractivity contribution is -0.127. The number of hydrogen-bond acceptors (Lipinski definition) is 2. The van der Waals surface area contributed by atoms with Gasteiger partial charge in [-0.2, -0.15) is 0 Å². The molecule has 1 saturated heterocycles. The Morgan fingerprint density at radius 2 is 2.06 bits per heavy atom. The molecule has 0 spiro atoms. The van der Waals surface area contributed by atoms with Crippen molar-refractivity contribution in [3.05, 3.63) is 35.4 Å². The molecule has 2 atom stereocenters. The van der Waals surface area contributed by atoms with E-state index in [1.807, 2.05) is 11.8 Å². The largest absolute Gasteiger partial charge is 0.343 e. The van der Waals surface area contributed by atoms with Crippen LogP contribution in [-0.2, 0) is 4.79 Å². The van der Waals surface area contributed by atoms with E-state index in [1.165, 1.54) is 5.56 Å². The van der Waals surface area contributed by atoms with Gasteiger partial charge >= 0.3 is 0 Å². The number of benzene rings is 1. The van der Waals surface area contributed by atoms with Crippen molar-refractivity contribution in [3.8, 4) is 0 Å². The van der Waals surface area contributed by atoms with E-state index in [-0.39, 0.29) is 17.9 Å². The highest BCUT2D eigenvalue weighted by Gasteiger charge is 2.32. The number of carbonyl (C=O) groups excluding carboxylic acids is 1. The van der Waals surface area contributed by atoms with Crippen LogP contribution in [0.4, 0.5) is 0 Å². The third-order valence-corrected chi connectivity index (χ3v) is 3.60. The van der Waals surface area contributed by atoms with E-state index in [4.69, 9.17) is 5.73 Å². The van der Waals surface area contributed by atoms with Crippen LogP contribution in [0.2, 0.25) is 0 Å². The second kappa shape index (κ2) is 4.88. The van der Waals surface area contributed by atoms with E-state index in [0.29, 0.717) is 6.42 Å². The summed E-state index contributed by atoms with van der Waals surface area (Å²) in [5.74, 6) is 0.491. The quantitative estimate of drug-likeness (QED) is 0.864. The molecule has 1 aliphatic rings. The lowest BCUT2D eigenvalue weighted by atomic mass is 9.92. The molecule has 2 N–H and O–H groups in total. The zero-order valence-corrected chi connectivity index (χ0v) is 10.5. The second-order valence-electron chi connectivity index (χ2n) is 4.83. The van der Waals surface area contributed by atoms with Gasteiger partial charge in [-0.05, 0) is 19.4 Å². The number of carbonyl (C=O) groups is 1. The number of rotatable bonds is 3. The second-order valence-corrected chi connectivity index (χ2v) is 4.83. The van der Waals surface area contributed by atoms with Gasteiger partial charge in [0.15, 0.2) is 0 Å². The van der Waals surface area contributed by atoms with E-state index >= 15 is 0 Å². The lowest BCUT2D eigenvalue weighted by Gasteiger charge is -2.20. The molecule has 1 fully saturated rings. The minimum Gasteiger partial charge on any atom is -0.343 e. The minimum absolute atomic E-state index is 0.0314. The predicted molar refractivity (Wildman–Crippen MR) is 68.5 cm³/mol. The van der Waals surface area contributed by atoms with Gasteiger partial charge in [-0.15, -0.1) is 0 Å². The van der Waals surface area contributed by atoms with Crippen LogP contribution in [0.5, 0.6) is 0 Å². The van der Waals surface area contributed by atoms with Gasteiger partial charge in [-0.25, -0.2) is 0 Å². The van der Waals surface area contributed by atoms with Gasteiger partial charge in [0.1, 0.15) is 0 Å². The molecule has 0 saturated carbocycles. The first-order valence-electron chi connectivity index (χ1n) is 6.21. The molecular weight excluding hydrogens is 212 g/mol. The van der Waals surface area contributed by atoms with Crippen LogP contribution in [0.25, 0.3) is 0 Å². The highest BCUT2D eigenvalue weighted by Crippen LogP contribution is 2.28. The van der Waals surface area contributed by atoms with Crippen LogP contribution >= 0.6 is 0 Å². The van der Waals surface area contributed by atoms with E-state index in [2.05, 4.69) is 31.2 Å². The maximum absolute atomic E-state index is 11.7. The van der Waals surface area contributed by atoms with Crippen molar-refractivity contribution in [2.24, 2.45) is 11.7 Å². The molecule has 3 heteroatoms.